The summed E-state index contributed by atoms with van der Waals surface area (Å²) in [5.74, 6) is -0.314. The van der Waals surface area contributed by atoms with E-state index in [9.17, 15) is 4.79 Å². The van der Waals surface area contributed by atoms with Crippen LogP contribution in [-0.4, -0.2) is 31.1 Å². The molecule has 1 aliphatic heterocycles. The van der Waals surface area contributed by atoms with Crippen molar-refractivity contribution in [3.63, 3.8) is 0 Å². The molecule has 1 aliphatic rings. The van der Waals surface area contributed by atoms with Crippen LogP contribution in [0.4, 0.5) is 0 Å². The standard InChI is InChI=1S/C11H16O4/c1-4-7-13-11-6-5-10(8(2)14-11)15-9(3)12/h4-6,8,10-11H,1,7H2,2-3H3/t8-,10+,11-/m0/s1. The molecule has 1 heterocycles. The minimum Gasteiger partial charge on any atom is -0.456 e. The van der Waals surface area contributed by atoms with Gasteiger partial charge in [-0.25, -0.2) is 0 Å². The Morgan fingerprint density at radius 1 is 1.60 bits per heavy atom. The van der Waals surface area contributed by atoms with Crippen molar-refractivity contribution in [2.75, 3.05) is 6.61 Å². The van der Waals surface area contributed by atoms with E-state index >= 15 is 0 Å². The van der Waals surface area contributed by atoms with Crippen molar-refractivity contribution < 1.29 is 19.0 Å². The van der Waals surface area contributed by atoms with E-state index in [0.29, 0.717) is 6.61 Å². The molecule has 0 amide bonds. The Balaban J connectivity index is 2.46. The highest BCUT2D eigenvalue weighted by atomic mass is 16.7. The number of hydrogen-bond donors (Lipinski definition) is 0. The molecule has 0 bridgehead atoms. The first-order chi connectivity index (χ1) is 7.13. The summed E-state index contributed by atoms with van der Waals surface area (Å²) in [6, 6.07) is 0. The van der Waals surface area contributed by atoms with Gasteiger partial charge in [-0.2, -0.15) is 0 Å². The highest BCUT2D eigenvalue weighted by molar-refractivity contribution is 5.66. The van der Waals surface area contributed by atoms with Gasteiger partial charge in [0.05, 0.1) is 12.7 Å². The van der Waals surface area contributed by atoms with Crippen LogP contribution in [0.5, 0.6) is 0 Å². The summed E-state index contributed by atoms with van der Waals surface area (Å²) in [6.45, 7) is 7.19. The number of hydrogen-bond acceptors (Lipinski definition) is 4. The maximum atomic E-state index is 10.8. The van der Waals surface area contributed by atoms with Crippen molar-refractivity contribution >= 4 is 5.97 Å². The Bertz CT molecular complexity index is 259. The van der Waals surface area contributed by atoms with Crippen molar-refractivity contribution in [2.45, 2.75) is 32.3 Å². The molecule has 84 valence electrons. The number of carbonyl (C=O) groups is 1. The van der Waals surface area contributed by atoms with Gasteiger partial charge in [0.15, 0.2) is 6.29 Å². The average Bonchev–Trinajstić information content (AvgIpc) is 2.18. The maximum absolute atomic E-state index is 10.8. The first-order valence-corrected chi connectivity index (χ1v) is 4.87. The van der Waals surface area contributed by atoms with Crippen LogP contribution in [0.2, 0.25) is 0 Å². The zero-order valence-corrected chi connectivity index (χ0v) is 9.01. The Morgan fingerprint density at radius 2 is 2.33 bits per heavy atom. The van der Waals surface area contributed by atoms with Gasteiger partial charge in [0.2, 0.25) is 0 Å². The molecule has 4 nitrogen and oxygen atoms in total. The lowest BCUT2D eigenvalue weighted by Gasteiger charge is -2.29. The molecule has 0 spiro atoms. The van der Waals surface area contributed by atoms with E-state index in [1.54, 1.807) is 18.2 Å². The van der Waals surface area contributed by atoms with Crippen molar-refractivity contribution in [3.8, 4) is 0 Å². The minimum absolute atomic E-state index is 0.200. The van der Waals surface area contributed by atoms with Gasteiger partial charge >= 0.3 is 5.97 Å². The maximum Gasteiger partial charge on any atom is 0.303 e. The van der Waals surface area contributed by atoms with E-state index in [1.807, 2.05) is 6.92 Å². The molecule has 0 radical (unpaired) electrons. The topological polar surface area (TPSA) is 44.8 Å². The molecule has 0 saturated heterocycles. The van der Waals surface area contributed by atoms with Crippen molar-refractivity contribution in [1.82, 2.24) is 0 Å². The minimum atomic E-state index is -0.384. The van der Waals surface area contributed by atoms with E-state index in [-0.39, 0.29) is 24.5 Å². The molecule has 3 atom stereocenters. The van der Waals surface area contributed by atoms with Crippen LogP contribution >= 0.6 is 0 Å². The summed E-state index contributed by atoms with van der Waals surface area (Å²) in [4.78, 5) is 10.8. The fraction of sp³-hybridized carbons (Fsp3) is 0.545. The number of carbonyl (C=O) groups excluding carboxylic acids is 1. The van der Waals surface area contributed by atoms with Crippen LogP contribution in [0.1, 0.15) is 13.8 Å². The van der Waals surface area contributed by atoms with E-state index in [2.05, 4.69) is 6.58 Å². The molecular weight excluding hydrogens is 196 g/mol. The van der Waals surface area contributed by atoms with Crippen LogP contribution < -0.4 is 0 Å². The second-order valence-corrected chi connectivity index (χ2v) is 3.29. The van der Waals surface area contributed by atoms with Gasteiger partial charge in [-0.1, -0.05) is 6.08 Å². The van der Waals surface area contributed by atoms with Crippen LogP contribution in [-0.2, 0) is 19.0 Å². The van der Waals surface area contributed by atoms with Gasteiger partial charge < -0.3 is 14.2 Å². The molecule has 0 N–H and O–H groups in total. The molecule has 1 rings (SSSR count). The van der Waals surface area contributed by atoms with Crippen LogP contribution in [0.15, 0.2) is 24.8 Å². The Morgan fingerprint density at radius 3 is 2.87 bits per heavy atom. The summed E-state index contributed by atoms with van der Waals surface area (Å²) in [5.41, 5.74) is 0. The fourth-order valence-corrected chi connectivity index (χ4v) is 1.28. The predicted octanol–water partition coefficient (Wildman–Crippen LogP) is 1.42. The number of rotatable bonds is 4. The fourth-order valence-electron chi connectivity index (χ4n) is 1.28. The molecule has 0 aromatic rings. The largest absolute Gasteiger partial charge is 0.456 e. The SMILES string of the molecule is C=CCO[C@@H]1C=C[C@@H](OC(C)=O)[C@H](C)O1. The molecule has 0 saturated carbocycles. The highest BCUT2D eigenvalue weighted by Crippen LogP contribution is 2.16. The predicted molar refractivity (Wildman–Crippen MR) is 55.2 cm³/mol. The number of esters is 1. The summed E-state index contributed by atoms with van der Waals surface area (Å²) >= 11 is 0. The lowest BCUT2D eigenvalue weighted by atomic mass is 10.1. The monoisotopic (exact) mass is 212 g/mol. The Kier molecular flexibility index (Phi) is 4.52. The zero-order valence-electron chi connectivity index (χ0n) is 9.01. The second-order valence-electron chi connectivity index (χ2n) is 3.29. The third-order valence-electron chi connectivity index (χ3n) is 1.95. The normalized spacial score (nSPS) is 29.9. The van der Waals surface area contributed by atoms with Crippen molar-refractivity contribution in [3.05, 3.63) is 24.8 Å². The summed E-state index contributed by atoms with van der Waals surface area (Å²) < 4.78 is 15.8. The molecule has 15 heavy (non-hydrogen) atoms. The lowest BCUT2D eigenvalue weighted by Crippen LogP contribution is -2.36. The third kappa shape index (κ3) is 3.85. The molecule has 0 aromatic heterocycles. The smallest absolute Gasteiger partial charge is 0.303 e. The molecule has 0 aliphatic carbocycles. The van der Waals surface area contributed by atoms with Crippen molar-refractivity contribution in [2.24, 2.45) is 0 Å². The first-order valence-electron chi connectivity index (χ1n) is 4.87. The first kappa shape index (κ1) is 11.9. The molecule has 0 fully saturated rings. The third-order valence-corrected chi connectivity index (χ3v) is 1.95. The second kappa shape index (κ2) is 5.68. The van der Waals surface area contributed by atoms with E-state index < -0.39 is 0 Å². The van der Waals surface area contributed by atoms with Crippen LogP contribution in [0.25, 0.3) is 0 Å². The Labute approximate surface area is 89.5 Å². The molecule has 0 unspecified atom stereocenters. The lowest BCUT2D eigenvalue weighted by molar-refractivity contribution is -0.177. The van der Waals surface area contributed by atoms with E-state index in [1.165, 1.54) is 6.92 Å². The average molecular weight is 212 g/mol. The zero-order chi connectivity index (χ0) is 11.3. The van der Waals surface area contributed by atoms with Gasteiger partial charge in [-0.15, -0.1) is 6.58 Å². The van der Waals surface area contributed by atoms with Crippen LogP contribution in [0, 0.1) is 0 Å². The summed E-state index contributed by atoms with van der Waals surface area (Å²) in [5, 5.41) is 0. The molecule has 0 aromatic carbocycles. The van der Waals surface area contributed by atoms with Gasteiger partial charge in [-0.3, -0.25) is 4.79 Å². The summed E-state index contributed by atoms with van der Waals surface area (Å²) in [7, 11) is 0. The van der Waals surface area contributed by atoms with Gasteiger partial charge in [0.1, 0.15) is 6.10 Å². The molecular formula is C11H16O4. The van der Waals surface area contributed by atoms with E-state index in [0.717, 1.165) is 0 Å². The number of ether oxygens (including phenoxy) is 3. The molecule has 4 heteroatoms. The quantitative estimate of drug-likeness (QED) is 0.522. The summed E-state index contributed by atoms with van der Waals surface area (Å²) in [6.07, 6.45) is 4.25. The van der Waals surface area contributed by atoms with Crippen LogP contribution in [0.3, 0.4) is 0 Å². The van der Waals surface area contributed by atoms with E-state index in [4.69, 9.17) is 14.2 Å². The van der Waals surface area contributed by atoms with Gasteiger partial charge in [0, 0.05) is 6.92 Å². The van der Waals surface area contributed by atoms with Crippen molar-refractivity contribution in [1.29, 1.82) is 0 Å². The van der Waals surface area contributed by atoms with Gasteiger partial charge in [-0.05, 0) is 19.1 Å². The van der Waals surface area contributed by atoms with Gasteiger partial charge in [0.25, 0.3) is 0 Å². The highest BCUT2D eigenvalue weighted by Gasteiger charge is 2.25. The Hall–Kier alpha value is -1.13.